The lowest BCUT2D eigenvalue weighted by Crippen LogP contribution is -2.36. The van der Waals surface area contributed by atoms with Crippen molar-refractivity contribution < 1.29 is 14.3 Å². The molecule has 122 valence electrons. The minimum absolute atomic E-state index is 0.435. The summed E-state index contributed by atoms with van der Waals surface area (Å²) in [7, 11) is 0. The molecule has 0 atom stereocenters. The molecule has 0 unspecified atom stereocenters. The predicted octanol–water partition coefficient (Wildman–Crippen LogP) is 2.86. The number of hydrogen-bond acceptors (Lipinski definition) is 3. The molecule has 0 aliphatic rings. The van der Waals surface area contributed by atoms with Crippen LogP contribution in [-0.4, -0.2) is 31.6 Å². The number of anilines is 1. The number of carbonyl (C=O) groups excluding carboxylic acids is 2. The van der Waals surface area contributed by atoms with Crippen molar-refractivity contribution in [2.45, 2.75) is 33.1 Å². The number of amides is 2. The molecule has 0 heterocycles. The molecule has 0 saturated heterocycles. The number of carbonyl (C=O) groups is 2. The highest BCUT2D eigenvalue weighted by Crippen LogP contribution is 2.17. The fourth-order valence-corrected chi connectivity index (χ4v) is 2.40. The largest absolute Gasteiger partial charge is 0.381 e. The molecule has 0 bridgehead atoms. The molecule has 1 aromatic carbocycles. The van der Waals surface area contributed by atoms with Crippen LogP contribution in [0.2, 0.25) is 0 Å². The zero-order chi connectivity index (χ0) is 16.4. The Morgan fingerprint density at radius 1 is 1.18 bits per heavy atom. The van der Waals surface area contributed by atoms with Gasteiger partial charge in [-0.2, -0.15) is 0 Å². The molecule has 1 rings (SSSR count). The number of benzene rings is 1. The molecule has 0 saturated carbocycles. The van der Waals surface area contributed by atoms with E-state index in [0.29, 0.717) is 25.3 Å². The molecule has 22 heavy (non-hydrogen) atoms. The first kappa shape index (κ1) is 18.9. The Hall–Kier alpha value is -1.15. The molecule has 2 amide bonds. The van der Waals surface area contributed by atoms with Gasteiger partial charge in [-0.25, -0.2) is 0 Å². The van der Waals surface area contributed by atoms with Gasteiger partial charge < -0.3 is 15.4 Å². The molecular weight excluding hydrogens is 395 g/mol. The lowest BCUT2D eigenvalue weighted by atomic mass is 10.2. The average Bonchev–Trinajstić information content (AvgIpc) is 2.48. The Kier molecular flexibility index (Phi) is 9.07. The van der Waals surface area contributed by atoms with Crippen molar-refractivity contribution in [3.63, 3.8) is 0 Å². The summed E-state index contributed by atoms with van der Waals surface area (Å²) in [5, 5.41) is 5.21. The summed E-state index contributed by atoms with van der Waals surface area (Å²) in [6.07, 6.45) is 2.85. The molecule has 0 aliphatic carbocycles. The van der Waals surface area contributed by atoms with Crippen molar-refractivity contribution in [2.24, 2.45) is 0 Å². The van der Waals surface area contributed by atoms with Gasteiger partial charge in [-0.3, -0.25) is 9.59 Å². The minimum Gasteiger partial charge on any atom is -0.381 e. The molecule has 0 aliphatic heterocycles. The fraction of sp³-hybridized carbons (Fsp3) is 0.500. The zero-order valence-corrected chi connectivity index (χ0v) is 15.2. The Morgan fingerprint density at radius 2 is 1.91 bits per heavy atom. The van der Waals surface area contributed by atoms with Crippen LogP contribution in [0.5, 0.6) is 0 Å². The van der Waals surface area contributed by atoms with Crippen LogP contribution in [-0.2, 0) is 14.3 Å². The van der Waals surface area contributed by atoms with Crippen LogP contribution in [0.3, 0.4) is 0 Å². The first-order chi connectivity index (χ1) is 10.5. The van der Waals surface area contributed by atoms with E-state index in [0.717, 1.165) is 28.6 Å². The predicted molar refractivity (Wildman–Crippen MR) is 95.9 cm³/mol. The summed E-state index contributed by atoms with van der Waals surface area (Å²) in [6.45, 7) is 5.78. The van der Waals surface area contributed by atoms with Gasteiger partial charge in [-0.1, -0.05) is 13.3 Å². The maximum Gasteiger partial charge on any atom is 0.313 e. The smallest absolute Gasteiger partial charge is 0.313 e. The van der Waals surface area contributed by atoms with Gasteiger partial charge in [0.05, 0.1) is 0 Å². The van der Waals surface area contributed by atoms with E-state index in [2.05, 4.69) is 40.1 Å². The Balaban J connectivity index is 2.26. The summed E-state index contributed by atoms with van der Waals surface area (Å²) < 4.78 is 6.47. The molecule has 1 aromatic rings. The van der Waals surface area contributed by atoms with Gasteiger partial charge in [0, 0.05) is 29.0 Å². The first-order valence-corrected chi connectivity index (χ1v) is 8.55. The van der Waals surface area contributed by atoms with Crippen molar-refractivity contribution in [1.82, 2.24) is 5.32 Å². The molecule has 0 aromatic heterocycles. The van der Waals surface area contributed by atoms with E-state index in [9.17, 15) is 9.59 Å². The van der Waals surface area contributed by atoms with Crippen molar-refractivity contribution in [2.75, 3.05) is 25.1 Å². The number of hydrogen-bond donors (Lipinski definition) is 2. The second-order valence-corrected chi connectivity index (χ2v) is 6.23. The quantitative estimate of drug-likeness (QED) is 0.388. The number of ether oxygens (including phenoxy) is 1. The fourth-order valence-electron chi connectivity index (χ4n) is 1.75. The van der Waals surface area contributed by atoms with Crippen LogP contribution in [0.1, 0.15) is 31.7 Å². The van der Waals surface area contributed by atoms with Gasteiger partial charge in [0.25, 0.3) is 0 Å². The number of nitrogens with one attached hydrogen (secondary N) is 2. The highest BCUT2D eigenvalue weighted by atomic mass is 127. The van der Waals surface area contributed by atoms with Crippen molar-refractivity contribution in [3.05, 3.63) is 27.3 Å². The van der Waals surface area contributed by atoms with E-state index in [-0.39, 0.29) is 0 Å². The van der Waals surface area contributed by atoms with Gasteiger partial charge in [0.1, 0.15) is 0 Å². The molecular formula is C16H23IN2O3. The number of halogens is 1. The van der Waals surface area contributed by atoms with Crippen molar-refractivity contribution >= 4 is 40.1 Å². The Morgan fingerprint density at radius 3 is 2.59 bits per heavy atom. The van der Waals surface area contributed by atoms with Crippen molar-refractivity contribution in [1.29, 1.82) is 0 Å². The third-order valence-electron chi connectivity index (χ3n) is 3.04. The van der Waals surface area contributed by atoms with Gasteiger partial charge in [-0.15, -0.1) is 0 Å². The molecule has 0 spiro atoms. The number of aryl methyl sites for hydroxylation is 1. The molecule has 0 fully saturated rings. The second-order valence-electron chi connectivity index (χ2n) is 4.99. The highest BCUT2D eigenvalue weighted by Gasteiger charge is 2.13. The van der Waals surface area contributed by atoms with Crippen molar-refractivity contribution in [3.8, 4) is 0 Å². The standard InChI is InChI=1S/C16H23IN2O3/c1-3-4-9-22-10-5-8-18-15(20)16(21)19-14-7-6-13(17)11-12(14)2/h6-7,11H,3-5,8-10H2,1-2H3,(H,18,20)(H,19,21). The second kappa shape index (κ2) is 10.6. The van der Waals surface area contributed by atoms with Crippen LogP contribution in [0.15, 0.2) is 18.2 Å². The minimum atomic E-state index is -0.642. The van der Waals surface area contributed by atoms with E-state index >= 15 is 0 Å². The van der Waals surface area contributed by atoms with E-state index in [1.54, 1.807) is 6.07 Å². The summed E-state index contributed by atoms with van der Waals surface area (Å²) in [5.74, 6) is -1.26. The van der Waals surface area contributed by atoms with Gasteiger partial charge in [0.15, 0.2) is 0 Å². The Labute approximate surface area is 145 Å². The third kappa shape index (κ3) is 7.22. The average molecular weight is 418 g/mol. The molecule has 5 nitrogen and oxygen atoms in total. The summed E-state index contributed by atoms with van der Waals surface area (Å²) >= 11 is 2.20. The first-order valence-electron chi connectivity index (χ1n) is 7.47. The summed E-state index contributed by atoms with van der Waals surface area (Å²) in [5.41, 5.74) is 1.58. The molecule has 6 heteroatoms. The van der Waals surface area contributed by atoms with E-state index in [4.69, 9.17) is 4.74 Å². The van der Waals surface area contributed by atoms with Crippen LogP contribution >= 0.6 is 22.6 Å². The van der Waals surface area contributed by atoms with E-state index < -0.39 is 11.8 Å². The molecule has 2 N–H and O–H groups in total. The Bertz CT molecular complexity index is 506. The van der Waals surface area contributed by atoms with E-state index in [1.807, 2.05) is 19.1 Å². The summed E-state index contributed by atoms with van der Waals surface area (Å²) in [4.78, 5) is 23.5. The van der Waals surface area contributed by atoms with Gasteiger partial charge in [-0.05, 0) is 66.1 Å². The maximum atomic E-state index is 11.8. The third-order valence-corrected chi connectivity index (χ3v) is 3.71. The monoisotopic (exact) mass is 418 g/mol. The maximum absolute atomic E-state index is 11.8. The molecule has 0 radical (unpaired) electrons. The van der Waals surface area contributed by atoms with Crippen LogP contribution in [0.4, 0.5) is 5.69 Å². The number of unbranched alkanes of at least 4 members (excludes halogenated alkanes) is 1. The lowest BCUT2D eigenvalue weighted by molar-refractivity contribution is -0.136. The van der Waals surface area contributed by atoms with Gasteiger partial charge >= 0.3 is 11.8 Å². The summed E-state index contributed by atoms with van der Waals surface area (Å²) in [6, 6.07) is 5.63. The van der Waals surface area contributed by atoms with Gasteiger partial charge in [0.2, 0.25) is 0 Å². The lowest BCUT2D eigenvalue weighted by Gasteiger charge is -2.09. The number of rotatable bonds is 8. The van der Waals surface area contributed by atoms with E-state index in [1.165, 1.54) is 0 Å². The highest BCUT2D eigenvalue weighted by molar-refractivity contribution is 14.1. The SMILES string of the molecule is CCCCOCCCNC(=O)C(=O)Nc1ccc(I)cc1C. The van der Waals surface area contributed by atoms with Crippen LogP contribution in [0, 0.1) is 10.5 Å². The zero-order valence-electron chi connectivity index (χ0n) is 13.1. The van der Waals surface area contributed by atoms with Crippen LogP contribution < -0.4 is 10.6 Å². The normalized spacial score (nSPS) is 10.3. The van der Waals surface area contributed by atoms with Crippen LogP contribution in [0.25, 0.3) is 0 Å². The topological polar surface area (TPSA) is 67.4 Å².